The third-order valence-electron chi connectivity index (χ3n) is 4.24. The van der Waals surface area contributed by atoms with Crippen LogP contribution in [0, 0.1) is 6.92 Å². The van der Waals surface area contributed by atoms with Crippen LogP contribution in [0.2, 0.25) is 5.02 Å². The van der Waals surface area contributed by atoms with Crippen LogP contribution in [0.25, 0.3) is 0 Å². The van der Waals surface area contributed by atoms with Gasteiger partial charge in [0.25, 0.3) is 0 Å². The molecule has 0 spiro atoms. The number of benzene rings is 3. The first-order valence-electron chi connectivity index (χ1n) is 8.49. The van der Waals surface area contributed by atoms with Gasteiger partial charge in [0.2, 0.25) is 0 Å². The zero-order chi connectivity index (χ0) is 18.4. The summed E-state index contributed by atoms with van der Waals surface area (Å²) >= 11 is 6.18. The van der Waals surface area contributed by atoms with E-state index in [0.717, 1.165) is 22.7 Å². The minimum atomic E-state index is 0.532. The van der Waals surface area contributed by atoms with Gasteiger partial charge in [-0.2, -0.15) is 0 Å². The van der Waals surface area contributed by atoms with Crippen molar-refractivity contribution in [1.82, 2.24) is 0 Å². The molecule has 3 aromatic carbocycles. The molecule has 0 unspecified atom stereocenters. The lowest BCUT2D eigenvalue weighted by Gasteiger charge is -2.14. The van der Waals surface area contributed by atoms with Crippen molar-refractivity contribution in [2.45, 2.75) is 20.1 Å². The average molecular weight is 368 g/mol. The summed E-state index contributed by atoms with van der Waals surface area (Å²) in [7, 11) is 1.66. The molecule has 0 radical (unpaired) electrons. The second-order valence-corrected chi connectivity index (χ2v) is 6.49. The van der Waals surface area contributed by atoms with E-state index in [0.29, 0.717) is 18.2 Å². The van der Waals surface area contributed by atoms with Gasteiger partial charge >= 0.3 is 0 Å². The molecule has 0 heterocycles. The molecule has 4 heteroatoms. The second kappa shape index (κ2) is 8.63. The fraction of sp³-hybridized carbons (Fsp3) is 0.182. The maximum absolute atomic E-state index is 6.18. The van der Waals surface area contributed by atoms with Gasteiger partial charge in [-0.3, -0.25) is 0 Å². The van der Waals surface area contributed by atoms with Crippen LogP contribution in [0.15, 0.2) is 66.7 Å². The summed E-state index contributed by atoms with van der Waals surface area (Å²) < 4.78 is 11.3. The predicted octanol–water partition coefficient (Wildman–Crippen LogP) is 5.85. The molecule has 0 bridgehead atoms. The van der Waals surface area contributed by atoms with E-state index in [9.17, 15) is 0 Å². The van der Waals surface area contributed by atoms with Crippen LogP contribution in [0.3, 0.4) is 0 Å². The Hall–Kier alpha value is -2.65. The lowest BCUT2D eigenvalue weighted by atomic mass is 10.1. The van der Waals surface area contributed by atoms with Crippen LogP contribution >= 0.6 is 11.6 Å². The molecule has 0 saturated carbocycles. The molecule has 3 rings (SSSR count). The lowest BCUT2D eigenvalue weighted by Crippen LogP contribution is -2.04. The van der Waals surface area contributed by atoms with Crippen molar-refractivity contribution in [1.29, 1.82) is 0 Å². The summed E-state index contributed by atoms with van der Waals surface area (Å²) in [4.78, 5) is 0. The van der Waals surface area contributed by atoms with Crippen molar-refractivity contribution < 1.29 is 9.47 Å². The second-order valence-electron chi connectivity index (χ2n) is 6.05. The Labute approximate surface area is 159 Å². The number of hydrogen-bond donors (Lipinski definition) is 1. The van der Waals surface area contributed by atoms with E-state index < -0.39 is 0 Å². The Balaban J connectivity index is 1.70. The topological polar surface area (TPSA) is 30.5 Å². The van der Waals surface area contributed by atoms with Gasteiger partial charge in [0, 0.05) is 22.8 Å². The third kappa shape index (κ3) is 4.70. The highest BCUT2D eigenvalue weighted by Gasteiger charge is 2.07. The van der Waals surface area contributed by atoms with E-state index in [1.807, 2.05) is 54.6 Å². The van der Waals surface area contributed by atoms with Crippen molar-refractivity contribution in [2.24, 2.45) is 0 Å². The average Bonchev–Trinajstić information content (AvgIpc) is 2.67. The molecule has 1 N–H and O–H groups in total. The Morgan fingerprint density at radius 3 is 2.42 bits per heavy atom. The predicted molar refractivity (Wildman–Crippen MR) is 107 cm³/mol. The molecule has 0 aliphatic carbocycles. The highest BCUT2D eigenvalue weighted by Crippen LogP contribution is 2.26. The van der Waals surface area contributed by atoms with Crippen LogP contribution in [-0.4, -0.2) is 7.11 Å². The zero-order valence-corrected chi connectivity index (χ0v) is 15.7. The normalized spacial score (nSPS) is 10.4. The molecule has 3 nitrogen and oxygen atoms in total. The van der Waals surface area contributed by atoms with Crippen LogP contribution < -0.4 is 14.8 Å². The quantitative estimate of drug-likeness (QED) is 0.568. The largest absolute Gasteiger partial charge is 0.497 e. The Kier molecular flexibility index (Phi) is 6.03. The van der Waals surface area contributed by atoms with Gasteiger partial charge in [0.05, 0.1) is 7.11 Å². The molecule has 0 atom stereocenters. The maximum atomic E-state index is 6.18. The lowest BCUT2D eigenvalue weighted by molar-refractivity contribution is 0.302. The number of halogens is 1. The van der Waals surface area contributed by atoms with Gasteiger partial charge in [-0.05, 0) is 60.5 Å². The number of hydrogen-bond acceptors (Lipinski definition) is 3. The molecule has 0 saturated heterocycles. The fourth-order valence-electron chi connectivity index (χ4n) is 2.66. The molecule has 134 valence electrons. The van der Waals surface area contributed by atoms with Crippen molar-refractivity contribution in [3.8, 4) is 11.5 Å². The van der Waals surface area contributed by atoms with E-state index in [-0.39, 0.29) is 0 Å². The molecule has 0 fully saturated rings. The molecule has 0 aliphatic rings. The van der Waals surface area contributed by atoms with Gasteiger partial charge in [-0.15, -0.1) is 0 Å². The molecule has 0 aliphatic heterocycles. The van der Waals surface area contributed by atoms with Crippen LogP contribution in [-0.2, 0) is 13.2 Å². The number of nitrogens with one attached hydrogen (secondary N) is 1. The smallest absolute Gasteiger partial charge is 0.124 e. The van der Waals surface area contributed by atoms with Crippen LogP contribution in [0.5, 0.6) is 11.5 Å². The van der Waals surface area contributed by atoms with Gasteiger partial charge in [0.1, 0.15) is 18.1 Å². The van der Waals surface area contributed by atoms with E-state index >= 15 is 0 Å². The van der Waals surface area contributed by atoms with Crippen molar-refractivity contribution in [3.63, 3.8) is 0 Å². The summed E-state index contributed by atoms with van der Waals surface area (Å²) in [6.45, 7) is 3.24. The molecular formula is C22H22ClNO2. The summed E-state index contributed by atoms with van der Waals surface area (Å²) in [5.41, 5.74) is 4.42. The Morgan fingerprint density at radius 1 is 0.923 bits per heavy atom. The third-order valence-corrected chi connectivity index (χ3v) is 4.48. The van der Waals surface area contributed by atoms with E-state index in [1.165, 1.54) is 11.1 Å². The van der Waals surface area contributed by atoms with Crippen molar-refractivity contribution >= 4 is 17.3 Å². The Bertz CT molecular complexity index is 862. The molecule has 0 amide bonds. The summed E-state index contributed by atoms with van der Waals surface area (Å²) in [5.74, 6) is 1.67. The Morgan fingerprint density at radius 2 is 1.69 bits per heavy atom. The molecule has 26 heavy (non-hydrogen) atoms. The number of ether oxygens (including phenoxy) is 2. The minimum absolute atomic E-state index is 0.532. The van der Waals surface area contributed by atoms with Gasteiger partial charge in [0.15, 0.2) is 0 Å². The first-order valence-corrected chi connectivity index (χ1v) is 8.87. The van der Waals surface area contributed by atoms with Crippen LogP contribution in [0.4, 0.5) is 5.69 Å². The number of rotatable bonds is 7. The maximum Gasteiger partial charge on any atom is 0.124 e. The summed E-state index contributed by atoms with van der Waals surface area (Å²) in [6.07, 6.45) is 0. The van der Waals surface area contributed by atoms with Crippen molar-refractivity contribution in [3.05, 3.63) is 88.4 Å². The monoisotopic (exact) mass is 367 g/mol. The number of methoxy groups -OCH3 is 1. The highest BCUT2D eigenvalue weighted by atomic mass is 35.5. The van der Waals surface area contributed by atoms with Gasteiger partial charge in [-0.25, -0.2) is 0 Å². The first kappa shape index (κ1) is 18.2. The van der Waals surface area contributed by atoms with E-state index in [2.05, 4.69) is 24.4 Å². The molecular weight excluding hydrogens is 346 g/mol. The fourth-order valence-corrected chi connectivity index (χ4v) is 2.86. The number of aryl methyl sites for hydroxylation is 1. The first-order chi connectivity index (χ1) is 12.7. The zero-order valence-electron chi connectivity index (χ0n) is 15.0. The van der Waals surface area contributed by atoms with Gasteiger partial charge < -0.3 is 14.8 Å². The van der Waals surface area contributed by atoms with Gasteiger partial charge in [-0.1, -0.05) is 35.9 Å². The van der Waals surface area contributed by atoms with Crippen molar-refractivity contribution in [2.75, 3.05) is 12.4 Å². The minimum Gasteiger partial charge on any atom is -0.497 e. The SMILES string of the molecule is COc1ccc(NCc2cc(Cl)ccc2OCc2ccccc2C)cc1. The molecule has 3 aromatic rings. The summed E-state index contributed by atoms with van der Waals surface area (Å²) in [6, 6.07) is 21.8. The highest BCUT2D eigenvalue weighted by molar-refractivity contribution is 6.30. The summed E-state index contributed by atoms with van der Waals surface area (Å²) in [5, 5.41) is 4.09. The van der Waals surface area contributed by atoms with E-state index in [4.69, 9.17) is 21.1 Å². The standard InChI is InChI=1S/C22H22ClNO2/c1-16-5-3-4-6-17(16)15-26-22-12-7-19(23)13-18(22)14-24-20-8-10-21(25-2)11-9-20/h3-13,24H,14-15H2,1-2H3. The molecule has 0 aromatic heterocycles. The van der Waals surface area contributed by atoms with Crippen LogP contribution in [0.1, 0.15) is 16.7 Å². The van der Waals surface area contributed by atoms with E-state index in [1.54, 1.807) is 7.11 Å². The number of anilines is 1.